The molecular weight excluding hydrogens is 269 g/mol. The lowest BCUT2D eigenvalue weighted by Gasteiger charge is -2.13. The van der Waals surface area contributed by atoms with E-state index in [0.717, 1.165) is 11.3 Å². The maximum Gasteiger partial charge on any atom is 0.239 e. The zero-order valence-corrected chi connectivity index (χ0v) is 12.5. The Balaban J connectivity index is 2.18. The quantitative estimate of drug-likeness (QED) is 0.876. The van der Waals surface area contributed by atoms with Crippen LogP contribution in [-0.4, -0.2) is 11.6 Å². The van der Waals surface area contributed by atoms with Gasteiger partial charge in [0.2, 0.25) is 5.88 Å². The molecule has 0 fully saturated rings. The number of nitrogen functional groups attached to an aromatic ring is 1. The second kappa shape index (κ2) is 6.43. The smallest absolute Gasteiger partial charge is 0.239 e. The van der Waals surface area contributed by atoms with Crippen LogP contribution in [0.25, 0.3) is 0 Å². The van der Waals surface area contributed by atoms with Crippen LogP contribution in [0.4, 0.5) is 21.6 Å². The Kier molecular flexibility index (Phi) is 4.62. The number of hydrogen-bond donors (Lipinski definition) is 2. The third-order valence-corrected chi connectivity index (χ3v) is 2.89. The molecule has 1 aromatic carbocycles. The van der Waals surface area contributed by atoms with Gasteiger partial charge in [0.05, 0.1) is 12.3 Å². The maximum atomic E-state index is 13.1. The van der Waals surface area contributed by atoms with E-state index in [-0.39, 0.29) is 5.82 Å². The molecule has 0 atom stereocenters. The van der Waals surface area contributed by atoms with Crippen LogP contribution in [0.3, 0.4) is 0 Å². The van der Waals surface area contributed by atoms with Crippen molar-refractivity contribution in [2.24, 2.45) is 5.92 Å². The van der Waals surface area contributed by atoms with Crippen LogP contribution in [0.1, 0.15) is 19.4 Å². The van der Waals surface area contributed by atoms with Gasteiger partial charge in [0.15, 0.2) is 0 Å². The summed E-state index contributed by atoms with van der Waals surface area (Å²) in [6.45, 7) is 6.50. The van der Waals surface area contributed by atoms with Gasteiger partial charge in [-0.25, -0.2) is 4.39 Å². The van der Waals surface area contributed by atoms with Crippen molar-refractivity contribution in [3.8, 4) is 5.88 Å². The van der Waals surface area contributed by atoms with Gasteiger partial charge in [-0.05, 0) is 48.7 Å². The van der Waals surface area contributed by atoms with Crippen molar-refractivity contribution in [2.45, 2.75) is 20.8 Å². The van der Waals surface area contributed by atoms with Crippen molar-refractivity contribution in [2.75, 3.05) is 17.7 Å². The molecule has 1 aromatic heterocycles. The zero-order chi connectivity index (χ0) is 15.4. The first kappa shape index (κ1) is 15.1. The summed E-state index contributed by atoms with van der Waals surface area (Å²) in [7, 11) is 0. The lowest BCUT2D eigenvalue weighted by Crippen LogP contribution is -2.08. The minimum absolute atomic E-state index is 0.260. The molecule has 1 heterocycles. The van der Waals surface area contributed by atoms with Crippen LogP contribution in [-0.2, 0) is 0 Å². The first-order chi connectivity index (χ1) is 9.95. The van der Waals surface area contributed by atoms with Gasteiger partial charge >= 0.3 is 0 Å². The lowest BCUT2D eigenvalue weighted by atomic mass is 10.2. The van der Waals surface area contributed by atoms with E-state index in [0.29, 0.717) is 29.9 Å². The molecule has 0 spiro atoms. The highest BCUT2D eigenvalue weighted by Crippen LogP contribution is 2.25. The number of aromatic nitrogens is 1. The number of ether oxygens (including phenoxy) is 1. The standard InChI is InChI=1S/C16H20FN3O/c1-10(2)9-21-16-13(18)5-7-15(20-16)19-14-6-4-12(17)8-11(14)3/h4-8,10H,9,18H2,1-3H3,(H,19,20). The van der Waals surface area contributed by atoms with Gasteiger partial charge in [-0.1, -0.05) is 13.8 Å². The molecule has 0 aliphatic carbocycles. The van der Waals surface area contributed by atoms with Gasteiger partial charge in [0.1, 0.15) is 11.6 Å². The fourth-order valence-electron chi connectivity index (χ4n) is 1.79. The SMILES string of the molecule is Cc1cc(F)ccc1Nc1ccc(N)c(OCC(C)C)n1. The molecule has 0 radical (unpaired) electrons. The number of benzene rings is 1. The minimum atomic E-state index is -0.260. The van der Waals surface area contributed by atoms with E-state index in [4.69, 9.17) is 10.5 Å². The topological polar surface area (TPSA) is 60.2 Å². The van der Waals surface area contributed by atoms with Crippen LogP contribution in [0.2, 0.25) is 0 Å². The second-order valence-corrected chi connectivity index (χ2v) is 5.38. The van der Waals surface area contributed by atoms with Crippen molar-refractivity contribution < 1.29 is 9.13 Å². The van der Waals surface area contributed by atoms with Crippen LogP contribution < -0.4 is 15.8 Å². The normalized spacial score (nSPS) is 10.7. The Hall–Kier alpha value is -2.30. The number of nitrogens with zero attached hydrogens (tertiary/aromatic N) is 1. The summed E-state index contributed by atoms with van der Waals surface area (Å²) in [6, 6.07) is 8.06. The molecule has 0 saturated heterocycles. The van der Waals surface area contributed by atoms with Crippen molar-refractivity contribution in [3.05, 3.63) is 41.7 Å². The molecule has 0 saturated carbocycles. The first-order valence-corrected chi connectivity index (χ1v) is 6.88. The molecule has 0 amide bonds. The molecular formula is C16H20FN3O. The third kappa shape index (κ3) is 4.08. The number of rotatable bonds is 5. The van der Waals surface area contributed by atoms with E-state index in [2.05, 4.69) is 24.1 Å². The largest absolute Gasteiger partial charge is 0.476 e. The predicted octanol–water partition coefficient (Wildman–Crippen LogP) is 3.89. The first-order valence-electron chi connectivity index (χ1n) is 6.88. The van der Waals surface area contributed by atoms with E-state index < -0.39 is 0 Å². The Morgan fingerprint density at radius 1 is 1.29 bits per heavy atom. The fourth-order valence-corrected chi connectivity index (χ4v) is 1.79. The molecule has 3 N–H and O–H groups in total. The highest BCUT2D eigenvalue weighted by Gasteiger charge is 2.07. The van der Waals surface area contributed by atoms with Crippen molar-refractivity contribution >= 4 is 17.2 Å². The maximum absolute atomic E-state index is 13.1. The lowest BCUT2D eigenvalue weighted by molar-refractivity contribution is 0.263. The summed E-state index contributed by atoms with van der Waals surface area (Å²) in [6.07, 6.45) is 0. The fraction of sp³-hybridized carbons (Fsp3) is 0.312. The summed E-state index contributed by atoms with van der Waals surface area (Å²) >= 11 is 0. The molecule has 0 aliphatic rings. The average molecular weight is 289 g/mol. The number of aryl methyl sites for hydroxylation is 1. The van der Waals surface area contributed by atoms with Crippen LogP contribution >= 0.6 is 0 Å². The Morgan fingerprint density at radius 2 is 2.05 bits per heavy atom. The van der Waals surface area contributed by atoms with Crippen LogP contribution in [0.15, 0.2) is 30.3 Å². The summed E-state index contributed by atoms with van der Waals surface area (Å²) in [5.74, 6) is 1.15. The monoisotopic (exact) mass is 289 g/mol. The molecule has 0 unspecified atom stereocenters. The number of anilines is 3. The van der Waals surface area contributed by atoms with Gasteiger partial charge in [-0.3, -0.25) is 0 Å². The van der Waals surface area contributed by atoms with Gasteiger partial charge in [-0.15, -0.1) is 0 Å². The molecule has 5 heteroatoms. The molecule has 0 aliphatic heterocycles. The third-order valence-electron chi connectivity index (χ3n) is 2.89. The molecule has 112 valence electrons. The Bertz CT molecular complexity index is 629. The van der Waals surface area contributed by atoms with Crippen LogP contribution in [0.5, 0.6) is 5.88 Å². The van der Waals surface area contributed by atoms with Crippen molar-refractivity contribution in [1.29, 1.82) is 0 Å². The molecule has 21 heavy (non-hydrogen) atoms. The molecule has 0 bridgehead atoms. The zero-order valence-electron chi connectivity index (χ0n) is 12.5. The molecule has 4 nitrogen and oxygen atoms in total. The van der Waals surface area contributed by atoms with E-state index >= 15 is 0 Å². The van der Waals surface area contributed by atoms with E-state index in [1.807, 2.05) is 6.92 Å². The second-order valence-electron chi connectivity index (χ2n) is 5.38. The summed E-state index contributed by atoms with van der Waals surface area (Å²) in [5, 5.41) is 3.14. The Morgan fingerprint density at radius 3 is 2.71 bits per heavy atom. The number of nitrogens with two attached hydrogens (primary N) is 1. The van der Waals surface area contributed by atoms with E-state index in [1.165, 1.54) is 12.1 Å². The van der Waals surface area contributed by atoms with Crippen LogP contribution in [0, 0.1) is 18.7 Å². The van der Waals surface area contributed by atoms with Crippen molar-refractivity contribution in [3.63, 3.8) is 0 Å². The molecule has 2 aromatic rings. The van der Waals surface area contributed by atoms with Crippen molar-refractivity contribution in [1.82, 2.24) is 4.98 Å². The summed E-state index contributed by atoms with van der Waals surface area (Å²) in [4.78, 5) is 4.35. The predicted molar refractivity (Wildman–Crippen MR) is 83.4 cm³/mol. The molecule has 2 rings (SSSR count). The number of nitrogens with one attached hydrogen (secondary N) is 1. The van der Waals surface area contributed by atoms with Gasteiger partial charge in [0.25, 0.3) is 0 Å². The highest BCUT2D eigenvalue weighted by molar-refractivity contribution is 5.63. The highest BCUT2D eigenvalue weighted by atomic mass is 19.1. The number of pyridine rings is 1. The number of hydrogen-bond acceptors (Lipinski definition) is 4. The van der Waals surface area contributed by atoms with Gasteiger partial charge in [-0.2, -0.15) is 4.98 Å². The average Bonchev–Trinajstić information content (AvgIpc) is 2.42. The van der Waals surface area contributed by atoms with E-state index in [9.17, 15) is 4.39 Å². The van der Waals surface area contributed by atoms with Gasteiger partial charge in [0, 0.05) is 5.69 Å². The number of halogens is 1. The summed E-state index contributed by atoms with van der Waals surface area (Å²) < 4.78 is 18.7. The van der Waals surface area contributed by atoms with E-state index in [1.54, 1.807) is 18.2 Å². The van der Waals surface area contributed by atoms with Gasteiger partial charge < -0.3 is 15.8 Å². The summed E-state index contributed by atoms with van der Waals surface area (Å²) in [5.41, 5.74) is 7.95. The minimum Gasteiger partial charge on any atom is -0.476 e. The Labute approximate surface area is 124 Å².